The second-order valence-electron chi connectivity index (χ2n) is 6.76. The van der Waals surface area contributed by atoms with Crippen LogP contribution in [0.5, 0.6) is 0 Å². The van der Waals surface area contributed by atoms with E-state index in [4.69, 9.17) is 4.74 Å². The molecular weight excluding hydrogens is 330 g/mol. The number of hydrogen-bond donors (Lipinski definition) is 1. The minimum Gasteiger partial charge on any atom is -0.461 e. The first-order valence-electron chi connectivity index (χ1n) is 9.64. The summed E-state index contributed by atoms with van der Waals surface area (Å²) in [5.74, 6) is -0.511. The molecule has 0 aliphatic heterocycles. The highest BCUT2D eigenvalue weighted by molar-refractivity contribution is 6.01. The van der Waals surface area contributed by atoms with E-state index in [0.29, 0.717) is 23.4 Å². The molecule has 1 aromatic heterocycles. The van der Waals surface area contributed by atoms with E-state index in [1.165, 1.54) is 0 Å². The van der Waals surface area contributed by atoms with Crippen LogP contribution in [0.1, 0.15) is 72.6 Å². The molecule has 0 saturated heterocycles. The van der Waals surface area contributed by atoms with Gasteiger partial charge in [-0.1, -0.05) is 13.8 Å². The highest BCUT2D eigenvalue weighted by Gasteiger charge is 2.26. The molecule has 0 saturated carbocycles. The predicted molar refractivity (Wildman–Crippen MR) is 105 cm³/mol. The number of hydrogen-bond acceptors (Lipinski definition) is 4. The molecule has 1 atom stereocenters. The van der Waals surface area contributed by atoms with Gasteiger partial charge in [-0.3, -0.25) is 4.79 Å². The SMILES string of the molecule is CCOC(=O)c1c(C)c(C(=O)NC(C)CCCN(CC)CC)c(C)n1C. The molecule has 0 aliphatic rings. The van der Waals surface area contributed by atoms with Gasteiger partial charge in [-0.25, -0.2) is 4.79 Å². The number of rotatable bonds is 10. The third-order valence-electron chi connectivity index (χ3n) is 5.01. The molecule has 0 spiro atoms. The molecule has 6 heteroatoms. The van der Waals surface area contributed by atoms with Crippen molar-refractivity contribution in [1.82, 2.24) is 14.8 Å². The van der Waals surface area contributed by atoms with E-state index in [2.05, 4.69) is 24.1 Å². The Balaban J connectivity index is 2.78. The average molecular weight is 366 g/mol. The first kappa shape index (κ1) is 22.2. The lowest BCUT2D eigenvalue weighted by Gasteiger charge is -2.20. The predicted octanol–water partition coefficient (Wildman–Crippen LogP) is 3.06. The summed E-state index contributed by atoms with van der Waals surface area (Å²) in [4.78, 5) is 27.3. The molecule has 1 heterocycles. The van der Waals surface area contributed by atoms with Crippen LogP contribution >= 0.6 is 0 Å². The molecule has 0 aromatic carbocycles. The molecule has 148 valence electrons. The van der Waals surface area contributed by atoms with Gasteiger partial charge in [0, 0.05) is 18.8 Å². The van der Waals surface area contributed by atoms with Crippen molar-refractivity contribution in [1.29, 1.82) is 0 Å². The van der Waals surface area contributed by atoms with Crippen LogP contribution in [0.4, 0.5) is 0 Å². The minimum atomic E-state index is -0.387. The molecular formula is C20H35N3O3. The van der Waals surface area contributed by atoms with Crippen LogP contribution in [0.3, 0.4) is 0 Å². The van der Waals surface area contributed by atoms with E-state index < -0.39 is 0 Å². The third kappa shape index (κ3) is 5.34. The summed E-state index contributed by atoms with van der Waals surface area (Å²) in [5, 5.41) is 3.08. The van der Waals surface area contributed by atoms with E-state index in [1.54, 1.807) is 25.5 Å². The summed E-state index contributed by atoms with van der Waals surface area (Å²) in [6.07, 6.45) is 1.97. The maximum absolute atomic E-state index is 12.8. The first-order chi connectivity index (χ1) is 12.3. The summed E-state index contributed by atoms with van der Waals surface area (Å²) in [6.45, 7) is 15.3. The lowest BCUT2D eigenvalue weighted by Crippen LogP contribution is -2.34. The number of esters is 1. The zero-order valence-corrected chi connectivity index (χ0v) is 17.4. The Morgan fingerprint density at radius 2 is 1.81 bits per heavy atom. The van der Waals surface area contributed by atoms with Gasteiger partial charge in [-0.2, -0.15) is 0 Å². The van der Waals surface area contributed by atoms with Gasteiger partial charge in [0.05, 0.1) is 12.2 Å². The topological polar surface area (TPSA) is 63.6 Å². The first-order valence-corrected chi connectivity index (χ1v) is 9.64. The van der Waals surface area contributed by atoms with Crippen molar-refractivity contribution in [3.8, 4) is 0 Å². The van der Waals surface area contributed by atoms with Crippen LogP contribution in [0.2, 0.25) is 0 Å². The number of carbonyl (C=O) groups is 2. The molecule has 1 amide bonds. The molecule has 0 radical (unpaired) electrons. The summed E-state index contributed by atoms with van der Waals surface area (Å²) >= 11 is 0. The molecule has 26 heavy (non-hydrogen) atoms. The summed E-state index contributed by atoms with van der Waals surface area (Å²) in [5.41, 5.74) is 2.48. The fraction of sp³-hybridized carbons (Fsp3) is 0.700. The lowest BCUT2D eigenvalue weighted by molar-refractivity contribution is 0.0514. The van der Waals surface area contributed by atoms with Gasteiger partial charge in [0.25, 0.3) is 5.91 Å². The zero-order chi connectivity index (χ0) is 19.9. The van der Waals surface area contributed by atoms with Gasteiger partial charge < -0.3 is 19.5 Å². The van der Waals surface area contributed by atoms with E-state index in [9.17, 15) is 9.59 Å². The highest BCUT2D eigenvalue weighted by Crippen LogP contribution is 2.22. The normalized spacial score (nSPS) is 12.3. The Morgan fingerprint density at radius 3 is 2.35 bits per heavy atom. The number of amides is 1. The standard InChI is InChI=1S/C20H35N3O3/c1-8-23(9-2)13-11-12-14(4)21-19(24)17-15(5)18(20(25)26-10-3)22(7)16(17)6/h14H,8-13H2,1-7H3,(H,21,24). The lowest BCUT2D eigenvalue weighted by atomic mass is 10.1. The second-order valence-corrected chi connectivity index (χ2v) is 6.76. The van der Waals surface area contributed by atoms with Crippen molar-refractivity contribution in [3.63, 3.8) is 0 Å². The van der Waals surface area contributed by atoms with Gasteiger partial charge >= 0.3 is 5.97 Å². The fourth-order valence-corrected chi connectivity index (χ4v) is 3.33. The maximum atomic E-state index is 12.8. The van der Waals surface area contributed by atoms with Gasteiger partial charge in [-0.15, -0.1) is 0 Å². The molecule has 0 bridgehead atoms. The molecule has 1 aromatic rings. The van der Waals surface area contributed by atoms with Crippen molar-refractivity contribution in [3.05, 3.63) is 22.5 Å². The smallest absolute Gasteiger partial charge is 0.355 e. The van der Waals surface area contributed by atoms with Gasteiger partial charge in [-0.05, 0) is 65.7 Å². The zero-order valence-electron chi connectivity index (χ0n) is 17.4. The van der Waals surface area contributed by atoms with E-state index in [0.717, 1.165) is 38.2 Å². The Bertz CT molecular complexity index is 618. The largest absolute Gasteiger partial charge is 0.461 e. The Labute approximate surface area is 157 Å². The van der Waals surface area contributed by atoms with Crippen LogP contribution < -0.4 is 5.32 Å². The van der Waals surface area contributed by atoms with E-state index in [1.807, 2.05) is 13.8 Å². The van der Waals surface area contributed by atoms with Crippen molar-refractivity contribution in [2.24, 2.45) is 7.05 Å². The molecule has 1 N–H and O–H groups in total. The molecule has 1 unspecified atom stereocenters. The Kier molecular flexibility index (Phi) is 8.85. The van der Waals surface area contributed by atoms with Crippen molar-refractivity contribution in [2.75, 3.05) is 26.2 Å². The summed E-state index contributed by atoms with van der Waals surface area (Å²) in [6, 6.07) is 0.0862. The number of carbonyl (C=O) groups excluding carboxylic acids is 2. The summed E-state index contributed by atoms with van der Waals surface area (Å²) in [7, 11) is 1.79. The quantitative estimate of drug-likeness (QED) is 0.647. The molecule has 1 rings (SSSR count). The Morgan fingerprint density at radius 1 is 1.19 bits per heavy atom. The average Bonchev–Trinajstić information content (AvgIpc) is 2.81. The number of nitrogens with one attached hydrogen (secondary N) is 1. The van der Waals surface area contributed by atoms with Gasteiger partial charge in [0.1, 0.15) is 5.69 Å². The second kappa shape index (κ2) is 10.4. The van der Waals surface area contributed by atoms with Crippen LogP contribution in [0.15, 0.2) is 0 Å². The molecule has 6 nitrogen and oxygen atoms in total. The Hall–Kier alpha value is -1.82. The highest BCUT2D eigenvalue weighted by atomic mass is 16.5. The number of ether oxygens (including phenoxy) is 1. The van der Waals surface area contributed by atoms with E-state index in [-0.39, 0.29) is 17.9 Å². The van der Waals surface area contributed by atoms with Crippen molar-refractivity contribution >= 4 is 11.9 Å². The number of aromatic nitrogens is 1. The maximum Gasteiger partial charge on any atom is 0.355 e. The van der Waals surface area contributed by atoms with Crippen molar-refractivity contribution < 1.29 is 14.3 Å². The monoisotopic (exact) mass is 365 g/mol. The van der Waals surface area contributed by atoms with Gasteiger partial charge in [0.2, 0.25) is 0 Å². The third-order valence-corrected chi connectivity index (χ3v) is 5.01. The van der Waals surface area contributed by atoms with E-state index >= 15 is 0 Å². The molecule has 0 fully saturated rings. The van der Waals surface area contributed by atoms with Crippen molar-refractivity contribution in [2.45, 2.75) is 60.4 Å². The minimum absolute atomic E-state index is 0.0862. The van der Waals surface area contributed by atoms with Crippen LogP contribution in [-0.4, -0.2) is 53.6 Å². The molecule has 0 aliphatic carbocycles. The summed E-state index contributed by atoms with van der Waals surface area (Å²) < 4.78 is 6.86. The van der Waals surface area contributed by atoms with Crippen LogP contribution in [-0.2, 0) is 11.8 Å². The number of nitrogens with zero attached hydrogens (tertiary/aromatic N) is 2. The van der Waals surface area contributed by atoms with Crippen LogP contribution in [0, 0.1) is 13.8 Å². The van der Waals surface area contributed by atoms with Crippen LogP contribution in [0.25, 0.3) is 0 Å². The fourth-order valence-electron chi connectivity index (χ4n) is 3.33. The van der Waals surface area contributed by atoms with Gasteiger partial charge in [0.15, 0.2) is 0 Å².